The first-order valence-electron chi connectivity index (χ1n) is 11.2. The number of likely N-dealkylation sites (tertiary alicyclic amines) is 1. The van der Waals surface area contributed by atoms with Gasteiger partial charge >= 0.3 is 0 Å². The molecular weight excluding hydrogens is 484 g/mol. The molecule has 1 fully saturated rings. The minimum absolute atomic E-state index is 0.109. The lowest BCUT2D eigenvalue weighted by molar-refractivity contribution is -0.139. The Morgan fingerprint density at radius 1 is 1.12 bits per heavy atom. The molecule has 0 bridgehead atoms. The van der Waals surface area contributed by atoms with Crippen molar-refractivity contribution in [3.8, 4) is 5.75 Å². The second-order valence-corrected chi connectivity index (χ2v) is 9.35. The summed E-state index contributed by atoms with van der Waals surface area (Å²) < 4.78 is 6.66. The van der Waals surface area contributed by atoms with Gasteiger partial charge in [0.15, 0.2) is 0 Å². The summed E-state index contributed by atoms with van der Waals surface area (Å²) in [7, 11) is 3.94. The van der Waals surface area contributed by atoms with E-state index in [1.807, 2.05) is 49.3 Å². The van der Waals surface area contributed by atoms with Crippen LogP contribution in [0.15, 0.2) is 58.6 Å². The summed E-state index contributed by atoms with van der Waals surface area (Å²) in [5, 5.41) is 11.2. The Morgan fingerprint density at radius 2 is 1.85 bits per heavy atom. The van der Waals surface area contributed by atoms with Crippen molar-refractivity contribution < 1.29 is 19.4 Å². The molecule has 0 aromatic heterocycles. The Hall–Kier alpha value is -2.64. The van der Waals surface area contributed by atoms with Crippen LogP contribution in [-0.2, 0) is 9.59 Å². The van der Waals surface area contributed by atoms with Crippen LogP contribution in [0.3, 0.4) is 0 Å². The molecule has 0 saturated carbocycles. The van der Waals surface area contributed by atoms with Gasteiger partial charge in [0.1, 0.15) is 11.5 Å². The zero-order valence-corrected chi connectivity index (χ0v) is 21.0. The minimum atomic E-state index is -0.664. The van der Waals surface area contributed by atoms with Crippen LogP contribution >= 0.6 is 15.9 Å². The molecule has 1 unspecified atom stereocenters. The van der Waals surface area contributed by atoms with E-state index >= 15 is 0 Å². The molecule has 1 amide bonds. The first-order valence-corrected chi connectivity index (χ1v) is 12.0. The van der Waals surface area contributed by atoms with E-state index in [1.165, 1.54) is 0 Å². The van der Waals surface area contributed by atoms with Crippen LogP contribution in [0.4, 0.5) is 0 Å². The number of hydrogen-bond acceptors (Lipinski definition) is 5. The maximum atomic E-state index is 13.1. The lowest BCUT2D eigenvalue weighted by atomic mass is 9.95. The van der Waals surface area contributed by atoms with Crippen LogP contribution in [0.25, 0.3) is 5.76 Å². The van der Waals surface area contributed by atoms with Gasteiger partial charge in [-0.15, -0.1) is 0 Å². The molecule has 0 radical (unpaired) electrons. The number of unbranched alkanes of at least 4 members (excludes halogenated alkanes) is 1. The maximum Gasteiger partial charge on any atom is 0.295 e. The molecule has 3 rings (SSSR count). The van der Waals surface area contributed by atoms with Crippen molar-refractivity contribution in [2.24, 2.45) is 0 Å². The highest BCUT2D eigenvalue weighted by molar-refractivity contribution is 9.10. The van der Waals surface area contributed by atoms with E-state index in [1.54, 1.807) is 23.1 Å². The van der Waals surface area contributed by atoms with Gasteiger partial charge in [-0.2, -0.15) is 0 Å². The van der Waals surface area contributed by atoms with Crippen molar-refractivity contribution in [1.82, 2.24) is 9.80 Å². The fourth-order valence-corrected chi connectivity index (χ4v) is 4.15. The van der Waals surface area contributed by atoms with Gasteiger partial charge in [0, 0.05) is 16.6 Å². The average Bonchev–Trinajstić information content (AvgIpc) is 3.04. The summed E-state index contributed by atoms with van der Waals surface area (Å²) in [6, 6.07) is 13.9. The first-order chi connectivity index (χ1) is 15.8. The molecule has 33 heavy (non-hydrogen) atoms. The smallest absolute Gasteiger partial charge is 0.295 e. The number of halogens is 1. The van der Waals surface area contributed by atoms with E-state index in [0.717, 1.165) is 29.4 Å². The summed E-state index contributed by atoms with van der Waals surface area (Å²) in [5.41, 5.74) is 1.34. The van der Waals surface area contributed by atoms with Crippen LogP contribution in [-0.4, -0.2) is 60.4 Å². The monoisotopic (exact) mass is 514 g/mol. The Labute approximate surface area is 204 Å². The Kier molecular flexibility index (Phi) is 8.69. The molecule has 6 nitrogen and oxygen atoms in total. The van der Waals surface area contributed by atoms with E-state index in [9.17, 15) is 14.7 Å². The van der Waals surface area contributed by atoms with Gasteiger partial charge in [0.25, 0.3) is 11.7 Å². The number of hydrogen-bond donors (Lipinski definition) is 1. The standard InChI is InChI=1S/C26H31BrN2O4/c1-4-5-16-33-21-9-6-8-19(17-21)24(30)22-23(18-10-12-20(27)13-11-18)29(26(32)25(22)31)15-7-14-28(2)3/h6,8-13,17,23,30H,4-5,7,14-16H2,1-3H3/b24-22+. The van der Waals surface area contributed by atoms with Gasteiger partial charge in [0.05, 0.1) is 18.2 Å². The molecule has 7 heteroatoms. The van der Waals surface area contributed by atoms with Crippen molar-refractivity contribution in [3.63, 3.8) is 0 Å². The van der Waals surface area contributed by atoms with Crippen molar-refractivity contribution >= 4 is 33.4 Å². The number of ketones is 1. The highest BCUT2D eigenvalue weighted by Crippen LogP contribution is 2.40. The lowest BCUT2D eigenvalue weighted by Crippen LogP contribution is -2.32. The third kappa shape index (κ3) is 6.03. The minimum Gasteiger partial charge on any atom is -0.507 e. The number of aliphatic hydroxyl groups is 1. The second-order valence-electron chi connectivity index (χ2n) is 8.43. The number of aliphatic hydroxyl groups excluding tert-OH is 1. The molecule has 1 atom stereocenters. The van der Waals surface area contributed by atoms with Gasteiger partial charge in [-0.3, -0.25) is 9.59 Å². The molecule has 1 aliphatic rings. The average molecular weight is 515 g/mol. The van der Waals surface area contributed by atoms with Crippen LogP contribution in [0.2, 0.25) is 0 Å². The normalized spacial score (nSPS) is 17.7. The first kappa shape index (κ1) is 25.0. The largest absolute Gasteiger partial charge is 0.507 e. The number of carbonyl (C=O) groups is 2. The highest BCUT2D eigenvalue weighted by atomic mass is 79.9. The zero-order chi connectivity index (χ0) is 24.0. The number of amides is 1. The summed E-state index contributed by atoms with van der Waals surface area (Å²) in [5.74, 6) is -0.814. The van der Waals surface area contributed by atoms with Crippen LogP contribution in [0, 0.1) is 0 Å². The fraction of sp³-hybridized carbons (Fsp3) is 0.385. The summed E-state index contributed by atoms with van der Waals surface area (Å²) in [6.45, 7) is 3.87. The quantitative estimate of drug-likeness (QED) is 0.209. The topological polar surface area (TPSA) is 70.1 Å². The van der Waals surface area contributed by atoms with Crippen molar-refractivity contribution in [2.75, 3.05) is 33.8 Å². The predicted molar refractivity (Wildman–Crippen MR) is 133 cm³/mol. The number of benzene rings is 2. The number of carbonyl (C=O) groups excluding carboxylic acids is 2. The van der Waals surface area contributed by atoms with Crippen LogP contribution in [0.5, 0.6) is 5.75 Å². The van der Waals surface area contributed by atoms with E-state index in [4.69, 9.17) is 4.74 Å². The fourth-order valence-electron chi connectivity index (χ4n) is 3.88. The number of nitrogens with zero attached hydrogens (tertiary/aromatic N) is 2. The Bertz CT molecular complexity index is 1020. The molecule has 2 aromatic carbocycles. The molecule has 176 valence electrons. The Balaban J connectivity index is 2.02. The van der Waals surface area contributed by atoms with Crippen LogP contribution in [0.1, 0.15) is 43.4 Å². The highest BCUT2D eigenvalue weighted by Gasteiger charge is 2.45. The third-order valence-electron chi connectivity index (χ3n) is 5.60. The van der Waals surface area contributed by atoms with E-state index in [-0.39, 0.29) is 11.3 Å². The summed E-state index contributed by atoms with van der Waals surface area (Å²) in [6.07, 6.45) is 2.66. The van der Waals surface area contributed by atoms with Crippen molar-refractivity contribution in [3.05, 3.63) is 69.7 Å². The molecule has 1 N–H and O–H groups in total. The second kappa shape index (κ2) is 11.5. The number of ether oxygens (including phenoxy) is 1. The number of rotatable bonds is 10. The molecule has 1 saturated heterocycles. The van der Waals surface area contributed by atoms with E-state index < -0.39 is 17.7 Å². The summed E-state index contributed by atoms with van der Waals surface area (Å²) in [4.78, 5) is 29.7. The number of Topliss-reactive ketones (excluding diaryl/α,β-unsaturated/α-hetero) is 1. The van der Waals surface area contributed by atoms with Crippen molar-refractivity contribution in [1.29, 1.82) is 0 Å². The van der Waals surface area contributed by atoms with Gasteiger partial charge < -0.3 is 19.6 Å². The maximum absolute atomic E-state index is 13.1. The molecule has 1 heterocycles. The zero-order valence-electron chi connectivity index (χ0n) is 19.4. The third-order valence-corrected chi connectivity index (χ3v) is 6.13. The van der Waals surface area contributed by atoms with E-state index in [0.29, 0.717) is 30.9 Å². The summed E-state index contributed by atoms with van der Waals surface area (Å²) >= 11 is 3.44. The van der Waals surface area contributed by atoms with Gasteiger partial charge in [-0.05, 0) is 63.3 Å². The van der Waals surface area contributed by atoms with Gasteiger partial charge in [-0.25, -0.2) is 0 Å². The van der Waals surface area contributed by atoms with Crippen LogP contribution < -0.4 is 4.74 Å². The molecule has 1 aliphatic heterocycles. The molecule has 0 aliphatic carbocycles. The molecular formula is C26H31BrN2O4. The lowest BCUT2D eigenvalue weighted by Gasteiger charge is -2.26. The van der Waals surface area contributed by atoms with Crippen molar-refractivity contribution in [2.45, 2.75) is 32.2 Å². The van der Waals surface area contributed by atoms with E-state index in [2.05, 4.69) is 22.9 Å². The van der Waals surface area contributed by atoms with Gasteiger partial charge in [-0.1, -0.05) is 53.5 Å². The predicted octanol–water partition coefficient (Wildman–Crippen LogP) is 5.00. The van der Waals surface area contributed by atoms with Gasteiger partial charge in [0.2, 0.25) is 0 Å². The Morgan fingerprint density at radius 3 is 2.52 bits per heavy atom. The molecule has 0 spiro atoms. The SMILES string of the molecule is CCCCOc1cccc(/C(O)=C2\C(=O)C(=O)N(CCCN(C)C)C2c2ccc(Br)cc2)c1. The molecule has 2 aromatic rings.